The maximum atomic E-state index is 12.6. The van der Waals surface area contributed by atoms with E-state index in [1.165, 1.54) is 0 Å². The highest BCUT2D eigenvalue weighted by molar-refractivity contribution is 9.10. The highest BCUT2D eigenvalue weighted by Crippen LogP contribution is 2.28. The van der Waals surface area contributed by atoms with Crippen molar-refractivity contribution in [3.05, 3.63) is 41.1 Å². The van der Waals surface area contributed by atoms with Crippen molar-refractivity contribution < 1.29 is 14.3 Å². The van der Waals surface area contributed by atoms with E-state index in [9.17, 15) is 9.59 Å². The Morgan fingerprint density at radius 1 is 1.30 bits per heavy atom. The van der Waals surface area contributed by atoms with Gasteiger partial charge in [0.15, 0.2) is 0 Å². The molecule has 0 aliphatic carbocycles. The fourth-order valence-electron chi connectivity index (χ4n) is 3.57. The average molecular weight is 433 g/mol. The third-order valence-electron chi connectivity index (χ3n) is 5.05. The summed E-state index contributed by atoms with van der Waals surface area (Å²) in [5.41, 5.74) is 1.47. The number of hydrogen-bond acceptors (Lipinski definition) is 4. The molecule has 0 saturated carbocycles. The van der Waals surface area contributed by atoms with Gasteiger partial charge in [-0.25, -0.2) is 0 Å². The summed E-state index contributed by atoms with van der Waals surface area (Å²) in [6.45, 7) is 1.86. The first-order valence-corrected chi connectivity index (χ1v) is 9.88. The number of benzene rings is 1. The van der Waals surface area contributed by atoms with Crippen molar-refractivity contribution in [1.29, 1.82) is 0 Å². The summed E-state index contributed by atoms with van der Waals surface area (Å²) in [4.78, 5) is 26.7. The lowest BCUT2D eigenvalue weighted by Crippen LogP contribution is -2.28. The van der Waals surface area contributed by atoms with Crippen LogP contribution in [0.2, 0.25) is 0 Å². The molecule has 1 aromatic carbocycles. The standard InChI is InChI=1S/C19H21BrN4O3/c20-14-2-1-3-17(9-14)23-11-13(8-18(23)25)19(26)22-15-10-21-24(12-15)16-4-6-27-7-5-16/h1-3,9-10,12-13,16H,4-8,11H2,(H,22,26). The zero-order chi connectivity index (χ0) is 18.8. The lowest BCUT2D eigenvalue weighted by molar-refractivity contribution is -0.122. The van der Waals surface area contributed by atoms with Crippen LogP contribution in [0, 0.1) is 5.92 Å². The number of rotatable bonds is 4. The molecule has 142 valence electrons. The number of hydrogen-bond donors (Lipinski definition) is 1. The van der Waals surface area contributed by atoms with E-state index in [2.05, 4.69) is 26.3 Å². The van der Waals surface area contributed by atoms with Crippen LogP contribution in [-0.4, -0.2) is 41.4 Å². The van der Waals surface area contributed by atoms with Crippen LogP contribution in [0.5, 0.6) is 0 Å². The van der Waals surface area contributed by atoms with E-state index in [0.717, 1.165) is 36.2 Å². The Bertz CT molecular complexity index is 847. The molecule has 0 bridgehead atoms. The van der Waals surface area contributed by atoms with Crippen molar-refractivity contribution in [3.8, 4) is 0 Å². The lowest BCUT2D eigenvalue weighted by atomic mass is 10.1. The Morgan fingerprint density at radius 3 is 2.89 bits per heavy atom. The van der Waals surface area contributed by atoms with Gasteiger partial charge in [0.05, 0.1) is 23.8 Å². The topological polar surface area (TPSA) is 76.5 Å². The number of halogens is 1. The van der Waals surface area contributed by atoms with Gasteiger partial charge in [-0.15, -0.1) is 0 Å². The minimum atomic E-state index is -0.372. The average Bonchev–Trinajstić information content (AvgIpc) is 3.29. The van der Waals surface area contributed by atoms with Crippen LogP contribution in [0.3, 0.4) is 0 Å². The molecule has 3 heterocycles. The monoisotopic (exact) mass is 432 g/mol. The predicted molar refractivity (Wildman–Crippen MR) is 105 cm³/mol. The van der Waals surface area contributed by atoms with Crippen LogP contribution >= 0.6 is 15.9 Å². The smallest absolute Gasteiger partial charge is 0.229 e. The van der Waals surface area contributed by atoms with E-state index in [1.807, 2.05) is 35.1 Å². The first-order chi connectivity index (χ1) is 13.1. The summed E-state index contributed by atoms with van der Waals surface area (Å²) >= 11 is 3.42. The number of amides is 2. The second kappa shape index (κ2) is 7.82. The van der Waals surface area contributed by atoms with Gasteiger partial charge in [0, 0.05) is 42.5 Å². The lowest BCUT2D eigenvalue weighted by Gasteiger charge is -2.22. The first-order valence-electron chi connectivity index (χ1n) is 9.09. The first kappa shape index (κ1) is 18.2. The van der Waals surface area contributed by atoms with Crippen LogP contribution in [-0.2, 0) is 14.3 Å². The number of anilines is 2. The summed E-state index contributed by atoms with van der Waals surface area (Å²) in [6.07, 6.45) is 5.58. The van der Waals surface area contributed by atoms with Gasteiger partial charge in [-0.3, -0.25) is 14.3 Å². The molecule has 1 unspecified atom stereocenters. The number of aromatic nitrogens is 2. The number of carbonyl (C=O) groups excluding carboxylic acids is 2. The van der Waals surface area contributed by atoms with Gasteiger partial charge in [0.2, 0.25) is 11.8 Å². The molecular weight excluding hydrogens is 412 g/mol. The number of nitrogens with one attached hydrogen (secondary N) is 1. The Morgan fingerprint density at radius 2 is 2.11 bits per heavy atom. The minimum absolute atomic E-state index is 0.0360. The van der Waals surface area contributed by atoms with Gasteiger partial charge < -0.3 is 15.0 Å². The second-order valence-corrected chi connectivity index (χ2v) is 7.84. The Labute approximate surface area is 165 Å². The summed E-state index contributed by atoms with van der Waals surface area (Å²) in [5, 5.41) is 7.28. The van der Waals surface area contributed by atoms with Crippen LogP contribution in [0.25, 0.3) is 0 Å². The van der Waals surface area contributed by atoms with Gasteiger partial charge in [-0.2, -0.15) is 5.10 Å². The molecule has 0 spiro atoms. The SMILES string of the molecule is O=C(Nc1cnn(C2CCOCC2)c1)C1CC(=O)N(c2cccc(Br)c2)C1. The molecule has 2 aliphatic rings. The van der Waals surface area contributed by atoms with Crippen LogP contribution in [0.4, 0.5) is 11.4 Å². The van der Waals surface area contributed by atoms with Crippen LogP contribution in [0.1, 0.15) is 25.3 Å². The Kier molecular flexibility index (Phi) is 5.27. The highest BCUT2D eigenvalue weighted by Gasteiger charge is 2.35. The van der Waals surface area contributed by atoms with E-state index in [-0.39, 0.29) is 24.2 Å². The number of nitrogens with zero attached hydrogens (tertiary/aromatic N) is 3. The Hall–Kier alpha value is -2.19. The van der Waals surface area contributed by atoms with E-state index in [1.54, 1.807) is 11.1 Å². The van der Waals surface area contributed by atoms with E-state index in [4.69, 9.17) is 4.74 Å². The minimum Gasteiger partial charge on any atom is -0.381 e. The van der Waals surface area contributed by atoms with Gasteiger partial charge in [-0.05, 0) is 31.0 Å². The second-order valence-electron chi connectivity index (χ2n) is 6.93. The van der Waals surface area contributed by atoms with Crippen LogP contribution in [0.15, 0.2) is 41.1 Å². The van der Waals surface area contributed by atoms with Gasteiger partial charge >= 0.3 is 0 Å². The molecule has 8 heteroatoms. The third kappa shape index (κ3) is 4.06. The predicted octanol–water partition coefficient (Wildman–Crippen LogP) is 2.99. The highest BCUT2D eigenvalue weighted by atomic mass is 79.9. The third-order valence-corrected chi connectivity index (χ3v) is 5.54. The molecular formula is C19H21BrN4O3. The molecule has 1 N–H and O–H groups in total. The van der Waals surface area contributed by atoms with Gasteiger partial charge in [-0.1, -0.05) is 22.0 Å². The van der Waals surface area contributed by atoms with Crippen molar-refractivity contribution in [2.45, 2.75) is 25.3 Å². The molecule has 2 saturated heterocycles. The van der Waals surface area contributed by atoms with Gasteiger partial charge in [0.25, 0.3) is 0 Å². The zero-order valence-electron chi connectivity index (χ0n) is 14.8. The molecule has 2 amide bonds. The Balaban J connectivity index is 1.39. The fraction of sp³-hybridized carbons (Fsp3) is 0.421. The van der Waals surface area contributed by atoms with Gasteiger partial charge in [0.1, 0.15) is 0 Å². The summed E-state index contributed by atoms with van der Waals surface area (Å²) < 4.78 is 8.17. The summed E-state index contributed by atoms with van der Waals surface area (Å²) in [5.74, 6) is -0.554. The maximum absolute atomic E-state index is 12.6. The van der Waals surface area contributed by atoms with Crippen molar-refractivity contribution in [3.63, 3.8) is 0 Å². The number of ether oxygens (including phenoxy) is 1. The largest absolute Gasteiger partial charge is 0.381 e. The maximum Gasteiger partial charge on any atom is 0.229 e. The van der Waals surface area contributed by atoms with E-state index in [0.29, 0.717) is 18.3 Å². The molecule has 27 heavy (non-hydrogen) atoms. The summed E-state index contributed by atoms with van der Waals surface area (Å²) in [6, 6.07) is 7.86. The quantitative estimate of drug-likeness (QED) is 0.805. The van der Waals surface area contributed by atoms with E-state index < -0.39 is 0 Å². The summed E-state index contributed by atoms with van der Waals surface area (Å²) in [7, 11) is 0. The molecule has 2 fully saturated rings. The fourth-order valence-corrected chi connectivity index (χ4v) is 3.96. The number of carbonyl (C=O) groups is 2. The van der Waals surface area contributed by atoms with Crippen molar-refractivity contribution >= 4 is 39.1 Å². The molecule has 2 aliphatic heterocycles. The normalized spacial score (nSPS) is 20.9. The van der Waals surface area contributed by atoms with Crippen LogP contribution < -0.4 is 10.2 Å². The molecule has 1 atom stereocenters. The molecule has 1 aromatic heterocycles. The molecule has 0 radical (unpaired) electrons. The molecule has 2 aromatic rings. The zero-order valence-corrected chi connectivity index (χ0v) is 16.4. The van der Waals surface area contributed by atoms with Crippen molar-refractivity contribution in [1.82, 2.24) is 9.78 Å². The molecule has 7 nitrogen and oxygen atoms in total. The molecule has 4 rings (SSSR count). The van der Waals surface area contributed by atoms with E-state index >= 15 is 0 Å². The van der Waals surface area contributed by atoms with Crippen molar-refractivity contribution in [2.24, 2.45) is 5.92 Å². The van der Waals surface area contributed by atoms with Crippen molar-refractivity contribution in [2.75, 3.05) is 30.0 Å².